The van der Waals surface area contributed by atoms with E-state index >= 15 is 0 Å². The number of aromatic nitrogens is 2. The molecule has 0 spiro atoms. The van der Waals surface area contributed by atoms with Gasteiger partial charge in [-0.15, -0.1) is 0 Å². The Kier molecular flexibility index (Phi) is 6.93. The Bertz CT molecular complexity index is 405. The molecule has 2 aliphatic rings. The smallest absolute Gasteiger partial charge is 0.264 e. The first-order valence-corrected chi connectivity index (χ1v) is 6.21. The number of nitrogens with one attached hydrogen (secondary N) is 3. The molecule has 3 rings (SSSR count). The highest BCUT2D eigenvalue weighted by Crippen LogP contribution is 1.93. The van der Waals surface area contributed by atoms with Crippen molar-refractivity contribution in [2.45, 2.75) is 25.7 Å². The van der Waals surface area contributed by atoms with E-state index in [2.05, 4.69) is 20.8 Å². The predicted octanol–water partition coefficient (Wildman–Crippen LogP) is -0.437. The monoisotopic (exact) mass is 266 g/mol. The van der Waals surface area contributed by atoms with Gasteiger partial charge in [-0.2, -0.15) is 5.10 Å². The van der Waals surface area contributed by atoms with Crippen molar-refractivity contribution in [2.24, 2.45) is 0 Å². The van der Waals surface area contributed by atoms with Gasteiger partial charge in [0.1, 0.15) is 0 Å². The molecule has 0 saturated carbocycles. The van der Waals surface area contributed by atoms with E-state index < -0.39 is 0 Å². The number of H-pyrrole nitrogens is 1. The third-order valence-electron chi connectivity index (χ3n) is 2.39. The van der Waals surface area contributed by atoms with Crippen LogP contribution in [0.25, 0.3) is 0 Å². The van der Waals surface area contributed by atoms with Crippen LogP contribution < -0.4 is 16.2 Å². The van der Waals surface area contributed by atoms with Gasteiger partial charge in [0.15, 0.2) is 0 Å². The van der Waals surface area contributed by atoms with E-state index in [9.17, 15) is 14.4 Å². The highest BCUT2D eigenvalue weighted by atomic mass is 16.2. The molecular formula is C12H18N4O3. The van der Waals surface area contributed by atoms with E-state index in [1.54, 1.807) is 6.07 Å². The lowest BCUT2D eigenvalue weighted by Crippen LogP contribution is -2.12. The first-order chi connectivity index (χ1) is 9.18. The van der Waals surface area contributed by atoms with Crippen molar-refractivity contribution < 1.29 is 9.59 Å². The Morgan fingerprint density at radius 3 is 1.68 bits per heavy atom. The van der Waals surface area contributed by atoms with Gasteiger partial charge in [-0.25, -0.2) is 5.10 Å². The van der Waals surface area contributed by atoms with Crippen molar-refractivity contribution in [3.63, 3.8) is 0 Å². The van der Waals surface area contributed by atoms with Crippen LogP contribution in [-0.4, -0.2) is 35.1 Å². The zero-order valence-electron chi connectivity index (χ0n) is 10.6. The summed E-state index contributed by atoms with van der Waals surface area (Å²) in [7, 11) is 0. The van der Waals surface area contributed by atoms with Crippen LogP contribution in [0.15, 0.2) is 23.1 Å². The number of aromatic amines is 1. The fourth-order valence-electron chi connectivity index (χ4n) is 1.44. The van der Waals surface area contributed by atoms with Gasteiger partial charge < -0.3 is 10.6 Å². The summed E-state index contributed by atoms with van der Waals surface area (Å²) in [4.78, 5) is 30.4. The molecular weight excluding hydrogens is 248 g/mol. The standard InChI is InChI=1S/C4H4N2O.2C4H7NO/c7-4-2-1-3-5-6-4;2*6-4-2-1-3-5-4/h1-3H,(H,6,7);2*1-3H2,(H,5,6). The fraction of sp³-hybridized carbons (Fsp3) is 0.500. The molecule has 2 fully saturated rings. The first kappa shape index (κ1) is 14.9. The molecule has 3 heterocycles. The van der Waals surface area contributed by atoms with Gasteiger partial charge in [-0.3, -0.25) is 14.4 Å². The maximum Gasteiger partial charge on any atom is 0.264 e. The fourth-order valence-corrected chi connectivity index (χ4v) is 1.44. The summed E-state index contributed by atoms with van der Waals surface area (Å²) >= 11 is 0. The third-order valence-corrected chi connectivity index (χ3v) is 2.39. The van der Waals surface area contributed by atoms with Crippen LogP contribution in [0.3, 0.4) is 0 Å². The highest BCUT2D eigenvalue weighted by molar-refractivity contribution is 5.77. The molecule has 2 amide bonds. The minimum absolute atomic E-state index is 0.164. The lowest BCUT2D eigenvalue weighted by atomic mass is 10.4. The number of nitrogens with zero attached hydrogens (tertiary/aromatic N) is 1. The minimum atomic E-state index is -0.164. The number of carbonyl (C=O) groups is 2. The molecule has 1 aromatic rings. The molecule has 1 aromatic heterocycles. The lowest BCUT2D eigenvalue weighted by molar-refractivity contribution is -0.119. The quantitative estimate of drug-likeness (QED) is 0.592. The molecule has 0 aliphatic carbocycles. The summed E-state index contributed by atoms with van der Waals surface area (Å²) in [5, 5.41) is 11.0. The molecule has 3 N–H and O–H groups in total. The van der Waals surface area contributed by atoms with Gasteiger partial charge in [0.05, 0.1) is 0 Å². The summed E-state index contributed by atoms with van der Waals surface area (Å²) in [6.45, 7) is 1.78. The van der Waals surface area contributed by atoms with Gasteiger partial charge in [-0.1, -0.05) is 0 Å². The first-order valence-electron chi connectivity index (χ1n) is 6.21. The Hall–Kier alpha value is -2.18. The number of rotatable bonds is 0. The number of carbonyl (C=O) groups excluding carboxylic acids is 2. The van der Waals surface area contributed by atoms with E-state index in [4.69, 9.17) is 0 Å². The third kappa shape index (κ3) is 7.69. The molecule has 7 nitrogen and oxygen atoms in total. The normalized spacial score (nSPS) is 16.4. The van der Waals surface area contributed by atoms with E-state index in [1.165, 1.54) is 12.3 Å². The second kappa shape index (κ2) is 8.84. The Balaban J connectivity index is 0.000000143. The Labute approximate surface area is 110 Å². The van der Waals surface area contributed by atoms with Crippen LogP contribution in [0.5, 0.6) is 0 Å². The molecule has 0 radical (unpaired) electrons. The maximum absolute atomic E-state index is 10.2. The zero-order valence-corrected chi connectivity index (χ0v) is 10.6. The van der Waals surface area contributed by atoms with E-state index in [-0.39, 0.29) is 17.4 Å². The largest absolute Gasteiger partial charge is 0.356 e. The van der Waals surface area contributed by atoms with Crippen LogP contribution in [0.2, 0.25) is 0 Å². The van der Waals surface area contributed by atoms with Gasteiger partial charge in [-0.05, 0) is 18.9 Å². The molecule has 0 bridgehead atoms. The topological polar surface area (TPSA) is 104 Å². The van der Waals surface area contributed by atoms with Crippen LogP contribution in [0.4, 0.5) is 0 Å². The molecule has 0 atom stereocenters. The van der Waals surface area contributed by atoms with Crippen LogP contribution in [-0.2, 0) is 9.59 Å². The molecule has 19 heavy (non-hydrogen) atoms. The molecule has 2 saturated heterocycles. The van der Waals surface area contributed by atoms with Crippen LogP contribution in [0, 0.1) is 0 Å². The number of hydrogen-bond acceptors (Lipinski definition) is 4. The van der Waals surface area contributed by atoms with Crippen molar-refractivity contribution >= 4 is 11.8 Å². The summed E-state index contributed by atoms with van der Waals surface area (Å²) in [6.07, 6.45) is 5.04. The van der Waals surface area contributed by atoms with Gasteiger partial charge in [0, 0.05) is 38.2 Å². The number of amides is 2. The summed E-state index contributed by atoms with van der Waals surface area (Å²) < 4.78 is 0. The van der Waals surface area contributed by atoms with Gasteiger partial charge in [0.25, 0.3) is 5.56 Å². The minimum Gasteiger partial charge on any atom is -0.356 e. The predicted molar refractivity (Wildman–Crippen MR) is 69.3 cm³/mol. The average molecular weight is 266 g/mol. The van der Waals surface area contributed by atoms with Crippen LogP contribution in [0.1, 0.15) is 25.7 Å². The summed E-state index contributed by atoms with van der Waals surface area (Å²) in [6, 6.07) is 2.99. The molecule has 7 heteroatoms. The maximum atomic E-state index is 10.2. The second-order valence-electron chi connectivity index (χ2n) is 4.02. The van der Waals surface area contributed by atoms with Crippen molar-refractivity contribution in [3.05, 3.63) is 28.7 Å². The molecule has 0 unspecified atom stereocenters. The number of hydrogen-bond donors (Lipinski definition) is 3. The van der Waals surface area contributed by atoms with Crippen molar-refractivity contribution in [3.8, 4) is 0 Å². The van der Waals surface area contributed by atoms with Gasteiger partial charge in [0.2, 0.25) is 11.8 Å². The highest BCUT2D eigenvalue weighted by Gasteiger charge is 2.05. The summed E-state index contributed by atoms with van der Waals surface area (Å²) in [5.74, 6) is 0.407. The molecule has 0 aromatic carbocycles. The van der Waals surface area contributed by atoms with Crippen molar-refractivity contribution in [1.82, 2.24) is 20.8 Å². The second-order valence-corrected chi connectivity index (χ2v) is 4.02. The lowest BCUT2D eigenvalue weighted by Gasteiger charge is -1.80. The molecule has 104 valence electrons. The van der Waals surface area contributed by atoms with Crippen LogP contribution >= 0.6 is 0 Å². The Morgan fingerprint density at radius 1 is 0.947 bits per heavy atom. The molecule has 2 aliphatic heterocycles. The van der Waals surface area contributed by atoms with E-state index in [0.29, 0.717) is 0 Å². The average Bonchev–Trinajstić information content (AvgIpc) is 3.05. The van der Waals surface area contributed by atoms with Crippen molar-refractivity contribution in [1.29, 1.82) is 0 Å². The van der Waals surface area contributed by atoms with E-state index in [0.717, 1.165) is 38.8 Å². The van der Waals surface area contributed by atoms with E-state index in [1.807, 2.05) is 0 Å². The Morgan fingerprint density at radius 2 is 1.53 bits per heavy atom. The van der Waals surface area contributed by atoms with Gasteiger partial charge >= 0.3 is 0 Å². The summed E-state index contributed by atoms with van der Waals surface area (Å²) in [5.41, 5.74) is -0.164. The zero-order chi connectivity index (χ0) is 13.9. The van der Waals surface area contributed by atoms with Crippen molar-refractivity contribution in [2.75, 3.05) is 13.1 Å². The SMILES string of the molecule is O=C1CCCN1.O=C1CCCN1.O=c1cccn[nH]1.